The Bertz CT molecular complexity index is 182. The van der Waals surface area contributed by atoms with E-state index in [1.807, 2.05) is 0 Å². The number of aliphatic carboxylic acids is 1. The zero-order chi connectivity index (χ0) is 10.8. The second-order valence-electron chi connectivity index (χ2n) is 2.93. The van der Waals surface area contributed by atoms with Crippen LogP contribution in [0, 0.1) is 0 Å². The summed E-state index contributed by atoms with van der Waals surface area (Å²) in [5.74, 6) is -0.987. The van der Waals surface area contributed by atoms with Crippen molar-refractivity contribution in [3.05, 3.63) is 0 Å². The summed E-state index contributed by atoms with van der Waals surface area (Å²) in [6.45, 7) is 1.39. The number of methoxy groups -OCH3 is 1. The SMILES string of the molecule is COC(=O)CCCNCCCC(=O)O. The fourth-order valence-corrected chi connectivity index (χ4v) is 0.949. The molecule has 0 heterocycles. The van der Waals surface area contributed by atoms with Crippen LogP contribution in [0.15, 0.2) is 0 Å². The van der Waals surface area contributed by atoms with E-state index in [1.54, 1.807) is 0 Å². The quantitative estimate of drug-likeness (QED) is 0.441. The van der Waals surface area contributed by atoms with Crippen LogP contribution in [0.1, 0.15) is 25.7 Å². The molecule has 0 aromatic carbocycles. The van der Waals surface area contributed by atoms with E-state index in [9.17, 15) is 9.59 Å². The molecule has 5 nitrogen and oxygen atoms in total. The lowest BCUT2D eigenvalue weighted by molar-refractivity contribution is -0.140. The van der Waals surface area contributed by atoms with E-state index in [4.69, 9.17) is 5.11 Å². The van der Waals surface area contributed by atoms with Gasteiger partial charge in [0.05, 0.1) is 7.11 Å². The van der Waals surface area contributed by atoms with Gasteiger partial charge in [-0.2, -0.15) is 0 Å². The number of hydrogen-bond acceptors (Lipinski definition) is 4. The summed E-state index contributed by atoms with van der Waals surface area (Å²) >= 11 is 0. The molecule has 0 fully saturated rings. The van der Waals surface area contributed by atoms with Crippen LogP contribution in [-0.2, 0) is 14.3 Å². The third-order valence-electron chi connectivity index (χ3n) is 1.71. The number of ether oxygens (including phenoxy) is 1. The van der Waals surface area contributed by atoms with Crippen molar-refractivity contribution >= 4 is 11.9 Å². The highest BCUT2D eigenvalue weighted by Crippen LogP contribution is 1.90. The highest BCUT2D eigenvalue weighted by Gasteiger charge is 1.99. The third kappa shape index (κ3) is 8.99. The van der Waals surface area contributed by atoms with Gasteiger partial charge in [0.2, 0.25) is 0 Å². The van der Waals surface area contributed by atoms with Crippen LogP contribution in [0.3, 0.4) is 0 Å². The molecule has 0 saturated carbocycles. The number of carboxylic acid groups (broad SMARTS) is 1. The molecular formula is C9H17NO4. The summed E-state index contributed by atoms with van der Waals surface area (Å²) in [6.07, 6.45) is 1.93. The van der Waals surface area contributed by atoms with Gasteiger partial charge >= 0.3 is 11.9 Å². The molecular weight excluding hydrogens is 186 g/mol. The summed E-state index contributed by atoms with van der Waals surface area (Å²) < 4.78 is 4.46. The van der Waals surface area contributed by atoms with Crippen molar-refractivity contribution in [1.29, 1.82) is 0 Å². The molecule has 0 aliphatic rings. The first kappa shape index (κ1) is 12.9. The molecule has 0 bridgehead atoms. The van der Waals surface area contributed by atoms with Crippen molar-refractivity contribution in [3.63, 3.8) is 0 Å². The number of carbonyl (C=O) groups is 2. The van der Waals surface area contributed by atoms with Gasteiger partial charge in [0.1, 0.15) is 0 Å². The molecule has 0 atom stereocenters. The van der Waals surface area contributed by atoms with Crippen molar-refractivity contribution in [2.45, 2.75) is 25.7 Å². The normalized spacial score (nSPS) is 9.79. The van der Waals surface area contributed by atoms with Gasteiger partial charge in [-0.05, 0) is 25.9 Å². The molecule has 0 saturated heterocycles. The van der Waals surface area contributed by atoms with Crippen molar-refractivity contribution < 1.29 is 19.4 Å². The maximum Gasteiger partial charge on any atom is 0.305 e. The summed E-state index contributed by atoms with van der Waals surface area (Å²) in [7, 11) is 1.36. The van der Waals surface area contributed by atoms with Crippen LogP contribution in [0.2, 0.25) is 0 Å². The topological polar surface area (TPSA) is 75.6 Å². The average molecular weight is 203 g/mol. The van der Waals surface area contributed by atoms with Gasteiger partial charge in [0, 0.05) is 12.8 Å². The van der Waals surface area contributed by atoms with Gasteiger partial charge < -0.3 is 15.2 Å². The zero-order valence-electron chi connectivity index (χ0n) is 8.41. The number of hydrogen-bond donors (Lipinski definition) is 2. The lowest BCUT2D eigenvalue weighted by Gasteiger charge is -2.02. The summed E-state index contributed by atoms with van der Waals surface area (Å²) in [4.78, 5) is 20.8. The van der Waals surface area contributed by atoms with E-state index in [0.717, 1.165) is 6.42 Å². The lowest BCUT2D eigenvalue weighted by Crippen LogP contribution is -2.18. The van der Waals surface area contributed by atoms with Crippen LogP contribution in [0.4, 0.5) is 0 Å². The van der Waals surface area contributed by atoms with Gasteiger partial charge in [-0.15, -0.1) is 0 Å². The molecule has 0 aliphatic heterocycles. The van der Waals surface area contributed by atoms with Crippen LogP contribution < -0.4 is 5.32 Å². The van der Waals surface area contributed by atoms with E-state index < -0.39 is 5.97 Å². The Hall–Kier alpha value is -1.10. The Morgan fingerprint density at radius 3 is 2.29 bits per heavy atom. The van der Waals surface area contributed by atoms with E-state index >= 15 is 0 Å². The molecule has 0 rings (SSSR count). The maximum atomic E-state index is 10.7. The number of esters is 1. The van der Waals surface area contributed by atoms with E-state index in [-0.39, 0.29) is 12.4 Å². The van der Waals surface area contributed by atoms with Crippen molar-refractivity contribution in [3.8, 4) is 0 Å². The lowest BCUT2D eigenvalue weighted by atomic mass is 10.3. The zero-order valence-corrected chi connectivity index (χ0v) is 8.41. The standard InChI is InChI=1S/C9H17NO4/c1-14-9(13)5-3-7-10-6-2-4-8(11)12/h10H,2-7H2,1H3,(H,11,12). The van der Waals surface area contributed by atoms with Crippen LogP contribution in [0.25, 0.3) is 0 Å². The molecule has 0 aliphatic carbocycles. The average Bonchev–Trinajstić information content (AvgIpc) is 2.15. The van der Waals surface area contributed by atoms with Gasteiger partial charge in [-0.1, -0.05) is 0 Å². The Labute approximate surface area is 83.4 Å². The summed E-state index contributed by atoms with van der Waals surface area (Å²) in [5, 5.41) is 11.4. The fraction of sp³-hybridized carbons (Fsp3) is 0.778. The van der Waals surface area contributed by atoms with Gasteiger partial charge in [0.15, 0.2) is 0 Å². The van der Waals surface area contributed by atoms with Crippen molar-refractivity contribution in [2.24, 2.45) is 0 Å². The van der Waals surface area contributed by atoms with Crippen LogP contribution >= 0.6 is 0 Å². The van der Waals surface area contributed by atoms with Crippen molar-refractivity contribution in [2.75, 3.05) is 20.2 Å². The van der Waals surface area contributed by atoms with E-state index in [2.05, 4.69) is 10.1 Å². The predicted molar refractivity (Wildman–Crippen MR) is 51.0 cm³/mol. The maximum absolute atomic E-state index is 10.7. The molecule has 0 amide bonds. The minimum atomic E-state index is -0.777. The Kier molecular flexibility index (Phi) is 7.83. The smallest absolute Gasteiger partial charge is 0.305 e. The van der Waals surface area contributed by atoms with E-state index in [1.165, 1.54) is 7.11 Å². The largest absolute Gasteiger partial charge is 0.481 e. The molecule has 0 radical (unpaired) electrons. The Morgan fingerprint density at radius 1 is 1.21 bits per heavy atom. The highest BCUT2D eigenvalue weighted by molar-refractivity contribution is 5.69. The summed E-state index contributed by atoms with van der Waals surface area (Å²) in [5.41, 5.74) is 0. The summed E-state index contributed by atoms with van der Waals surface area (Å²) in [6, 6.07) is 0. The second kappa shape index (κ2) is 8.50. The Morgan fingerprint density at radius 2 is 1.79 bits per heavy atom. The fourth-order valence-electron chi connectivity index (χ4n) is 0.949. The molecule has 0 aromatic rings. The second-order valence-corrected chi connectivity index (χ2v) is 2.93. The first-order valence-electron chi connectivity index (χ1n) is 4.66. The molecule has 0 spiro atoms. The van der Waals surface area contributed by atoms with Crippen LogP contribution in [-0.4, -0.2) is 37.2 Å². The molecule has 14 heavy (non-hydrogen) atoms. The van der Waals surface area contributed by atoms with Gasteiger partial charge in [-0.25, -0.2) is 0 Å². The molecule has 5 heteroatoms. The predicted octanol–water partition coefficient (Wildman–Crippen LogP) is 0.394. The molecule has 2 N–H and O–H groups in total. The van der Waals surface area contributed by atoms with Crippen molar-refractivity contribution in [1.82, 2.24) is 5.32 Å². The molecule has 0 unspecified atom stereocenters. The number of carbonyl (C=O) groups excluding carboxylic acids is 1. The van der Waals surface area contributed by atoms with Gasteiger partial charge in [0.25, 0.3) is 0 Å². The van der Waals surface area contributed by atoms with Gasteiger partial charge in [-0.3, -0.25) is 9.59 Å². The minimum absolute atomic E-state index is 0.185. The highest BCUT2D eigenvalue weighted by atomic mass is 16.5. The molecule has 82 valence electrons. The first-order chi connectivity index (χ1) is 6.66. The monoisotopic (exact) mass is 203 g/mol. The third-order valence-corrected chi connectivity index (χ3v) is 1.71. The van der Waals surface area contributed by atoms with Crippen LogP contribution in [0.5, 0.6) is 0 Å². The Balaban J connectivity index is 3.06. The number of carboxylic acids is 1. The number of rotatable bonds is 8. The van der Waals surface area contributed by atoms with E-state index in [0.29, 0.717) is 25.9 Å². The number of nitrogens with one attached hydrogen (secondary N) is 1. The first-order valence-corrected chi connectivity index (χ1v) is 4.66. The molecule has 0 aromatic heterocycles. The minimum Gasteiger partial charge on any atom is -0.481 e.